The number of thiocarbonyl (C=S) groups is 1. The Morgan fingerprint density at radius 3 is 2.62 bits per heavy atom. The summed E-state index contributed by atoms with van der Waals surface area (Å²) in [5.74, 6) is 0.129. The molecule has 1 heterocycles. The smallest absolute Gasteiger partial charge is 0.244 e. The van der Waals surface area contributed by atoms with Gasteiger partial charge in [0, 0.05) is 24.3 Å². The van der Waals surface area contributed by atoms with Crippen LogP contribution in [0, 0.1) is 0 Å². The van der Waals surface area contributed by atoms with E-state index in [-0.39, 0.29) is 16.9 Å². The predicted molar refractivity (Wildman–Crippen MR) is 90.9 cm³/mol. The third kappa shape index (κ3) is 4.08. The van der Waals surface area contributed by atoms with Crippen molar-refractivity contribution in [2.45, 2.75) is 32.2 Å². The second-order valence-corrected chi connectivity index (χ2v) is 6.16. The average Bonchev–Trinajstić information content (AvgIpc) is 2.47. The molecule has 0 spiro atoms. The van der Waals surface area contributed by atoms with Gasteiger partial charge in [-0.3, -0.25) is 4.79 Å². The van der Waals surface area contributed by atoms with Gasteiger partial charge in [-0.15, -0.1) is 0 Å². The molecule has 1 aromatic rings. The van der Waals surface area contributed by atoms with E-state index in [4.69, 9.17) is 29.6 Å². The summed E-state index contributed by atoms with van der Waals surface area (Å²) in [6, 6.07) is 5.07. The molecule has 0 bridgehead atoms. The number of halogens is 1. The first-order valence-electron chi connectivity index (χ1n) is 7.13. The van der Waals surface area contributed by atoms with Crippen molar-refractivity contribution in [2.24, 2.45) is 5.73 Å². The quantitative estimate of drug-likeness (QED) is 0.836. The van der Waals surface area contributed by atoms with E-state index >= 15 is 0 Å². The van der Waals surface area contributed by atoms with E-state index in [2.05, 4.69) is 5.32 Å². The fourth-order valence-corrected chi connectivity index (χ4v) is 3.02. The van der Waals surface area contributed by atoms with Gasteiger partial charge in [0.1, 0.15) is 11.0 Å². The van der Waals surface area contributed by atoms with Crippen LogP contribution in [0.25, 0.3) is 0 Å². The summed E-state index contributed by atoms with van der Waals surface area (Å²) in [5, 5.41) is 3.68. The second kappa shape index (κ2) is 7.09. The number of hydrogen-bond donors (Lipinski definition) is 2. The molecule has 1 amide bonds. The fourth-order valence-electron chi connectivity index (χ4n) is 2.50. The Bertz CT molecular complexity index is 544. The van der Waals surface area contributed by atoms with E-state index in [1.807, 2.05) is 17.9 Å². The maximum atomic E-state index is 12.4. The summed E-state index contributed by atoms with van der Waals surface area (Å²) in [5.41, 5.74) is 7.01. The Labute approximate surface area is 135 Å². The molecule has 0 aromatic heterocycles. The number of piperidine rings is 1. The van der Waals surface area contributed by atoms with Crippen LogP contribution in [0.1, 0.15) is 31.7 Å². The van der Waals surface area contributed by atoms with Crippen molar-refractivity contribution in [2.75, 3.05) is 18.4 Å². The molecule has 1 fully saturated rings. The molecule has 4 nitrogen and oxygen atoms in total. The topological polar surface area (TPSA) is 58.4 Å². The number of nitrogens with one attached hydrogen (secondary N) is 1. The lowest BCUT2D eigenvalue weighted by atomic mass is 10.1. The predicted octanol–water partition coefficient (Wildman–Crippen LogP) is 2.79. The van der Waals surface area contributed by atoms with Gasteiger partial charge in [-0.2, -0.15) is 0 Å². The van der Waals surface area contributed by atoms with Gasteiger partial charge in [-0.1, -0.05) is 23.8 Å². The largest absolute Gasteiger partial charge is 0.389 e. The molecule has 6 heteroatoms. The van der Waals surface area contributed by atoms with Crippen molar-refractivity contribution in [3.05, 3.63) is 28.8 Å². The second-order valence-electron chi connectivity index (χ2n) is 5.31. The summed E-state index contributed by atoms with van der Waals surface area (Å²) in [6.45, 7) is 3.57. The Balaban J connectivity index is 2.01. The van der Waals surface area contributed by atoms with Crippen molar-refractivity contribution >= 4 is 40.4 Å². The van der Waals surface area contributed by atoms with E-state index in [0.717, 1.165) is 31.6 Å². The Morgan fingerprint density at radius 2 is 2.05 bits per heavy atom. The van der Waals surface area contributed by atoms with Gasteiger partial charge in [0.2, 0.25) is 5.91 Å². The normalized spacial score (nSPS) is 16.4. The lowest BCUT2D eigenvalue weighted by Gasteiger charge is -2.29. The standard InChI is InChI=1S/C15H20ClN3OS/c1-10(15(20)19-7-3-2-4-8-19)18-11-5-6-12(14(17)21)13(16)9-11/h5-6,9-10,18H,2-4,7-8H2,1H3,(H2,17,21). The van der Waals surface area contributed by atoms with E-state index < -0.39 is 0 Å². The zero-order valence-corrected chi connectivity index (χ0v) is 13.6. The van der Waals surface area contributed by atoms with Crippen LogP contribution in [0.15, 0.2) is 18.2 Å². The number of carbonyl (C=O) groups is 1. The number of nitrogens with zero attached hydrogens (tertiary/aromatic N) is 1. The van der Waals surface area contributed by atoms with Crippen LogP contribution in [0.5, 0.6) is 0 Å². The fraction of sp³-hybridized carbons (Fsp3) is 0.467. The van der Waals surface area contributed by atoms with Crippen LogP contribution in [0.3, 0.4) is 0 Å². The summed E-state index contributed by atoms with van der Waals surface area (Å²) in [6.07, 6.45) is 3.39. The van der Waals surface area contributed by atoms with Crippen molar-refractivity contribution < 1.29 is 4.79 Å². The molecule has 0 aliphatic carbocycles. The highest BCUT2D eigenvalue weighted by Crippen LogP contribution is 2.22. The third-order valence-corrected chi connectivity index (χ3v) is 4.19. The van der Waals surface area contributed by atoms with Crippen LogP contribution >= 0.6 is 23.8 Å². The SMILES string of the molecule is CC(Nc1ccc(C(N)=S)c(Cl)c1)C(=O)N1CCCCC1. The number of rotatable bonds is 4. The Morgan fingerprint density at radius 1 is 1.38 bits per heavy atom. The minimum atomic E-state index is -0.283. The molecule has 21 heavy (non-hydrogen) atoms. The van der Waals surface area contributed by atoms with Gasteiger partial charge in [0.05, 0.1) is 5.02 Å². The van der Waals surface area contributed by atoms with Gasteiger partial charge in [0.15, 0.2) is 0 Å². The summed E-state index contributed by atoms with van der Waals surface area (Å²) in [7, 11) is 0. The molecule has 1 aliphatic rings. The highest BCUT2D eigenvalue weighted by Gasteiger charge is 2.22. The molecule has 1 unspecified atom stereocenters. The van der Waals surface area contributed by atoms with Gasteiger partial charge < -0.3 is 16.0 Å². The zero-order chi connectivity index (χ0) is 15.4. The third-order valence-electron chi connectivity index (χ3n) is 3.66. The molecule has 3 N–H and O–H groups in total. The lowest BCUT2D eigenvalue weighted by Crippen LogP contribution is -2.43. The average molecular weight is 326 g/mol. The van der Waals surface area contributed by atoms with Crippen LogP contribution in [-0.2, 0) is 4.79 Å². The first-order valence-corrected chi connectivity index (χ1v) is 7.92. The number of hydrogen-bond acceptors (Lipinski definition) is 3. The van der Waals surface area contributed by atoms with Crippen LogP contribution < -0.4 is 11.1 Å². The lowest BCUT2D eigenvalue weighted by molar-refractivity contribution is -0.132. The molecule has 2 rings (SSSR count). The zero-order valence-electron chi connectivity index (χ0n) is 12.1. The van der Waals surface area contributed by atoms with Crippen molar-refractivity contribution in [1.82, 2.24) is 4.90 Å². The maximum Gasteiger partial charge on any atom is 0.244 e. The van der Waals surface area contributed by atoms with E-state index in [0.29, 0.717) is 10.6 Å². The molecular formula is C15H20ClN3OS. The molecule has 1 saturated heterocycles. The number of anilines is 1. The Hall–Kier alpha value is -1.33. The number of carbonyl (C=O) groups excluding carboxylic acids is 1. The Kier molecular flexibility index (Phi) is 5.42. The number of amides is 1. The van der Waals surface area contributed by atoms with E-state index in [1.165, 1.54) is 6.42 Å². The summed E-state index contributed by atoms with van der Waals surface area (Å²) < 4.78 is 0. The number of likely N-dealkylation sites (tertiary alicyclic amines) is 1. The summed E-state index contributed by atoms with van der Waals surface area (Å²) in [4.78, 5) is 14.5. The van der Waals surface area contributed by atoms with E-state index in [1.54, 1.807) is 12.1 Å². The minimum Gasteiger partial charge on any atom is -0.389 e. The highest BCUT2D eigenvalue weighted by molar-refractivity contribution is 7.80. The molecule has 0 radical (unpaired) electrons. The van der Waals surface area contributed by atoms with E-state index in [9.17, 15) is 4.79 Å². The molecule has 1 aliphatic heterocycles. The number of benzene rings is 1. The first kappa shape index (κ1) is 16.0. The van der Waals surface area contributed by atoms with Crippen LogP contribution in [-0.4, -0.2) is 34.9 Å². The first-order chi connectivity index (χ1) is 9.99. The van der Waals surface area contributed by atoms with Gasteiger partial charge in [0.25, 0.3) is 0 Å². The number of nitrogens with two attached hydrogens (primary N) is 1. The van der Waals surface area contributed by atoms with Gasteiger partial charge in [-0.25, -0.2) is 0 Å². The highest BCUT2D eigenvalue weighted by atomic mass is 35.5. The van der Waals surface area contributed by atoms with Gasteiger partial charge >= 0.3 is 0 Å². The minimum absolute atomic E-state index is 0.129. The summed E-state index contributed by atoms with van der Waals surface area (Å²) >= 11 is 11.1. The van der Waals surface area contributed by atoms with Crippen molar-refractivity contribution in [3.63, 3.8) is 0 Å². The van der Waals surface area contributed by atoms with Crippen LogP contribution in [0.2, 0.25) is 5.02 Å². The van der Waals surface area contributed by atoms with Crippen LogP contribution in [0.4, 0.5) is 5.69 Å². The van der Waals surface area contributed by atoms with Crippen molar-refractivity contribution in [3.8, 4) is 0 Å². The molecule has 0 saturated carbocycles. The molecule has 114 valence electrons. The van der Waals surface area contributed by atoms with Crippen molar-refractivity contribution in [1.29, 1.82) is 0 Å². The van der Waals surface area contributed by atoms with Gasteiger partial charge in [-0.05, 0) is 44.4 Å². The molecular weight excluding hydrogens is 306 g/mol. The molecule has 1 aromatic carbocycles. The maximum absolute atomic E-state index is 12.4. The molecule has 1 atom stereocenters. The monoisotopic (exact) mass is 325 g/mol.